The van der Waals surface area contributed by atoms with Gasteiger partial charge in [-0.2, -0.15) is 0 Å². The Morgan fingerprint density at radius 3 is 2.53 bits per heavy atom. The lowest BCUT2D eigenvalue weighted by Crippen LogP contribution is -2.41. The summed E-state index contributed by atoms with van der Waals surface area (Å²) < 4.78 is 0. The molecule has 0 bridgehead atoms. The molecule has 15 heavy (non-hydrogen) atoms. The summed E-state index contributed by atoms with van der Waals surface area (Å²) in [6, 6.07) is 0.209. The molecule has 1 rings (SSSR count). The Bertz CT molecular complexity index is 204. The molecule has 1 atom stereocenters. The first kappa shape index (κ1) is 12.7. The summed E-state index contributed by atoms with van der Waals surface area (Å²) >= 11 is 0. The fraction of sp³-hybridized carbons (Fsp3) is 0.917. The Morgan fingerprint density at radius 2 is 1.93 bits per heavy atom. The molecule has 1 aliphatic rings. The van der Waals surface area contributed by atoms with Gasteiger partial charge in [0.2, 0.25) is 0 Å². The zero-order chi connectivity index (χ0) is 11.3. The third-order valence-electron chi connectivity index (χ3n) is 3.17. The van der Waals surface area contributed by atoms with Crippen molar-refractivity contribution < 1.29 is 4.79 Å². The van der Waals surface area contributed by atoms with Gasteiger partial charge in [0, 0.05) is 6.42 Å². The molecule has 3 heteroatoms. The molecule has 0 heterocycles. The Balaban J connectivity index is 2.25. The van der Waals surface area contributed by atoms with E-state index in [1.165, 1.54) is 6.42 Å². The van der Waals surface area contributed by atoms with Crippen LogP contribution in [0.5, 0.6) is 0 Å². The highest BCUT2D eigenvalue weighted by atomic mass is 16.1. The fourth-order valence-corrected chi connectivity index (χ4v) is 2.22. The topological polar surface area (TPSA) is 23.6 Å². The van der Waals surface area contributed by atoms with Crippen LogP contribution in [-0.4, -0.2) is 55.9 Å². The van der Waals surface area contributed by atoms with Crippen LogP contribution in [0.4, 0.5) is 0 Å². The molecule has 0 aromatic carbocycles. The normalized spacial score (nSPS) is 22.7. The summed E-state index contributed by atoms with van der Waals surface area (Å²) in [5.41, 5.74) is 0. The summed E-state index contributed by atoms with van der Waals surface area (Å²) in [6.07, 6.45) is 5.32. The standard InChI is InChI=1S/C12H24N2O/c1-13(2)9-6-10-14(3)11-7-4-5-8-12(11)15/h11H,4-10H2,1-3H3. The number of hydrogen-bond donors (Lipinski definition) is 0. The zero-order valence-corrected chi connectivity index (χ0v) is 10.3. The number of carbonyl (C=O) groups excluding carboxylic acids is 1. The van der Waals surface area contributed by atoms with Crippen molar-refractivity contribution in [3.63, 3.8) is 0 Å². The van der Waals surface area contributed by atoms with Crippen LogP contribution in [0.2, 0.25) is 0 Å². The van der Waals surface area contributed by atoms with E-state index in [2.05, 4.69) is 30.9 Å². The second-order valence-electron chi connectivity index (χ2n) is 4.87. The molecule has 1 aliphatic carbocycles. The molecule has 0 aromatic rings. The van der Waals surface area contributed by atoms with E-state index in [-0.39, 0.29) is 6.04 Å². The first-order chi connectivity index (χ1) is 7.11. The minimum Gasteiger partial charge on any atom is -0.309 e. The molecule has 0 spiro atoms. The summed E-state index contributed by atoms with van der Waals surface area (Å²) in [5, 5.41) is 0. The molecular weight excluding hydrogens is 188 g/mol. The van der Waals surface area contributed by atoms with E-state index in [0.717, 1.165) is 38.8 Å². The van der Waals surface area contributed by atoms with Gasteiger partial charge >= 0.3 is 0 Å². The maximum atomic E-state index is 11.7. The van der Waals surface area contributed by atoms with Gasteiger partial charge in [-0.15, -0.1) is 0 Å². The van der Waals surface area contributed by atoms with Crippen LogP contribution in [0.15, 0.2) is 0 Å². The van der Waals surface area contributed by atoms with Gasteiger partial charge in [0.1, 0.15) is 5.78 Å². The van der Waals surface area contributed by atoms with Crippen molar-refractivity contribution in [1.82, 2.24) is 9.80 Å². The third kappa shape index (κ3) is 4.31. The monoisotopic (exact) mass is 212 g/mol. The highest BCUT2D eigenvalue weighted by Crippen LogP contribution is 2.18. The first-order valence-corrected chi connectivity index (χ1v) is 5.99. The average Bonchev–Trinajstić information content (AvgIpc) is 2.17. The van der Waals surface area contributed by atoms with E-state index in [4.69, 9.17) is 0 Å². The van der Waals surface area contributed by atoms with Gasteiger partial charge < -0.3 is 4.90 Å². The Hall–Kier alpha value is -0.410. The maximum Gasteiger partial charge on any atom is 0.149 e. The van der Waals surface area contributed by atoms with Crippen LogP contribution in [0.25, 0.3) is 0 Å². The van der Waals surface area contributed by atoms with Crippen molar-refractivity contribution in [3.05, 3.63) is 0 Å². The minimum absolute atomic E-state index is 0.209. The zero-order valence-electron chi connectivity index (χ0n) is 10.3. The molecule has 0 saturated heterocycles. The highest BCUT2D eigenvalue weighted by molar-refractivity contribution is 5.84. The van der Waals surface area contributed by atoms with Gasteiger partial charge in [-0.1, -0.05) is 6.42 Å². The van der Waals surface area contributed by atoms with Crippen molar-refractivity contribution in [2.75, 3.05) is 34.2 Å². The van der Waals surface area contributed by atoms with E-state index < -0.39 is 0 Å². The van der Waals surface area contributed by atoms with Gasteiger partial charge in [0.15, 0.2) is 0 Å². The lowest BCUT2D eigenvalue weighted by Gasteiger charge is -2.30. The van der Waals surface area contributed by atoms with Crippen molar-refractivity contribution >= 4 is 5.78 Å². The van der Waals surface area contributed by atoms with E-state index in [9.17, 15) is 4.79 Å². The van der Waals surface area contributed by atoms with Crippen molar-refractivity contribution in [3.8, 4) is 0 Å². The molecule has 0 aromatic heterocycles. The summed E-state index contributed by atoms with van der Waals surface area (Å²) in [6.45, 7) is 2.14. The largest absolute Gasteiger partial charge is 0.309 e. The second kappa shape index (κ2) is 6.23. The molecule has 1 fully saturated rings. The number of hydrogen-bond acceptors (Lipinski definition) is 3. The van der Waals surface area contributed by atoms with Crippen molar-refractivity contribution in [2.45, 2.75) is 38.1 Å². The van der Waals surface area contributed by atoms with Crippen molar-refractivity contribution in [2.24, 2.45) is 0 Å². The molecule has 1 unspecified atom stereocenters. The van der Waals surface area contributed by atoms with Gasteiger partial charge in [0.05, 0.1) is 6.04 Å². The molecule has 0 aliphatic heterocycles. The van der Waals surface area contributed by atoms with Gasteiger partial charge in [-0.3, -0.25) is 9.69 Å². The molecule has 0 radical (unpaired) electrons. The predicted molar refractivity (Wildman–Crippen MR) is 63.1 cm³/mol. The highest BCUT2D eigenvalue weighted by Gasteiger charge is 2.25. The van der Waals surface area contributed by atoms with E-state index in [1.807, 2.05) is 0 Å². The van der Waals surface area contributed by atoms with Gasteiger partial charge in [-0.25, -0.2) is 0 Å². The van der Waals surface area contributed by atoms with E-state index >= 15 is 0 Å². The Labute approximate surface area is 93.4 Å². The fourth-order valence-electron chi connectivity index (χ4n) is 2.22. The number of likely N-dealkylation sites (N-methyl/N-ethyl adjacent to an activating group) is 1. The number of carbonyl (C=O) groups is 1. The van der Waals surface area contributed by atoms with Gasteiger partial charge in [-0.05, 0) is 53.5 Å². The molecular formula is C12H24N2O. The molecule has 0 amide bonds. The minimum atomic E-state index is 0.209. The Morgan fingerprint density at radius 1 is 1.20 bits per heavy atom. The summed E-state index contributed by atoms with van der Waals surface area (Å²) in [5.74, 6) is 0.452. The van der Waals surface area contributed by atoms with Crippen LogP contribution in [-0.2, 0) is 4.79 Å². The summed E-state index contributed by atoms with van der Waals surface area (Å²) in [4.78, 5) is 16.1. The average molecular weight is 212 g/mol. The Kier molecular flexibility index (Phi) is 5.26. The van der Waals surface area contributed by atoms with Crippen LogP contribution in [0, 0.1) is 0 Å². The lowest BCUT2D eigenvalue weighted by atomic mass is 9.93. The number of ketones is 1. The van der Waals surface area contributed by atoms with E-state index in [0.29, 0.717) is 5.78 Å². The van der Waals surface area contributed by atoms with E-state index in [1.54, 1.807) is 0 Å². The van der Waals surface area contributed by atoms with Crippen LogP contribution < -0.4 is 0 Å². The quantitative estimate of drug-likeness (QED) is 0.688. The SMILES string of the molecule is CN(C)CCCN(C)C1CCCCC1=O. The molecule has 3 nitrogen and oxygen atoms in total. The van der Waals surface area contributed by atoms with Crippen LogP contribution >= 0.6 is 0 Å². The van der Waals surface area contributed by atoms with Gasteiger partial charge in [0.25, 0.3) is 0 Å². The lowest BCUT2D eigenvalue weighted by molar-refractivity contribution is -0.125. The number of Topliss-reactive ketones (excluding diaryl/α,β-unsaturated/α-hetero) is 1. The number of nitrogens with zero attached hydrogens (tertiary/aromatic N) is 2. The summed E-state index contributed by atoms with van der Waals surface area (Å²) in [7, 11) is 6.26. The van der Waals surface area contributed by atoms with Crippen LogP contribution in [0.1, 0.15) is 32.1 Å². The van der Waals surface area contributed by atoms with Crippen LogP contribution in [0.3, 0.4) is 0 Å². The molecule has 88 valence electrons. The molecule has 0 N–H and O–H groups in total. The predicted octanol–water partition coefficient (Wildman–Crippen LogP) is 1.38. The smallest absolute Gasteiger partial charge is 0.149 e. The first-order valence-electron chi connectivity index (χ1n) is 5.99. The molecule has 1 saturated carbocycles. The van der Waals surface area contributed by atoms with Crippen molar-refractivity contribution in [1.29, 1.82) is 0 Å². The third-order valence-corrected chi connectivity index (χ3v) is 3.17. The second-order valence-corrected chi connectivity index (χ2v) is 4.87. The number of rotatable bonds is 5. The maximum absolute atomic E-state index is 11.7.